The Balaban J connectivity index is 1.62. The van der Waals surface area contributed by atoms with E-state index in [2.05, 4.69) is 0 Å². The number of amides is 1. The predicted octanol–water partition coefficient (Wildman–Crippen LogP) is 4.87. The van der Waals surface area contributed by atoms with Crippen LogP contribution in [-0.2, 0) is 6.42 Å². The van der Waals surface area contributed by atoms with Crippen molar-refractivity contribution in [2.45, 2.75) is 12.5 Å². The lowest BCUT2D eigenvalue weighted by atomic mass is 9.97. The lowest BCUT2D eigenvalue weighted by molar-refractivity contribution is 0.0728. The number of nitrogens with zero attached hydrogens (tertiary/aromatic N) is 1. The number of fused-ring (bicyclic) bond motifs is 2. The van der Waals surface area contributed by atoms with Gasteiger partial charge in [0, 0.05) is 12.1 Å². The molecule has 4 aromatic rings. The van der Waals surface area contributed by atoms with Crippen molar-refractivity contribution in [1.82, 2.24) is 4.90 Å². The van der Waals surface area contributed by atoms with Crippen molar-refractivity contribution in [3.63, 3.8) is 0 Å². The van der Waals surface area contributed by atoms with Gasteiger partial charge < -0.3 is 14.1 Å². The summed E-state index contributed by atoms with van der Waals surface area (Å²) >= 11 is 0. The second kappa shape index (κ2) is 8.16. The average molecular weight is 447 g/mol. The first-order valence-corrected chi connectivity index (χ1v) is 10.4. The van der Waals surface area contributed by atoms with Gasteiger partial charge in [0.05, 0.1) is 24.1 Å². The van der Waals surface area contributed by atoms with Gasteiger partial charge >= 0.3 is 0 Å². The second-order valence-corrected chi connectivity index (χ2v) is 7.84. The van der Waals surface area contributed by atoms with Gasteiger partial charge in [-0.25, -0.2) is 8.78 Å². The van der Waals surface area contributed by atoms with Crippen molar-refractivity contribution in [3.8, 4) is 5.75 Å². The van der Waals surface area contributed by atoms with Gasteiger partial charge in [0.15, 0.2) is 5.43 Å². The first-order chi connectivity index (χ1) is 16.0. The van der Waals surface area contributed by atoms with Crippen LogP contribution in [-0.4, -0.2) is 24.5 Å². The number of hydrogen-bond acceptors (Lipinski definition) is 4. The Morgan fingerprint density at radius 2 is 1.76 bits per heavy atom. The molecular weight excluding hydrogens is 428 g/mol. The van der Waals surface area contributed by atoms with Crippen LogP contribution in [0.25, 0.3) is 11.0 Å². The van der Waals surface area contributed by atoms with Crippen LogP contribution in [0, 0.1) is 11.6 Å². The van der Waals surface area contributed by atoms with Crippen molar-refractivity contribution in [3.05, 3.63) is 111 Å². The number of carbonyl (C=O) groups excluding carboxylic acids is 1. The van der Waals surface area contributed by atoms with Crippen LogP contribution < -0.4 is 10.2 Å². The molecule has 0 fully saturated rings. The van der Waals surface area contributed by atoms with Gasteiger partial charge in [-0.2, -0.15) is 0 Å². The van der Waals surface area contributed by atoms with Crippen LogP contribution in [0.15, 0.2) is 75.9 Å². The molecule has 1 atom stereocenters. The summed E-state index contributed by atoms with van der Waals surface area (Å²) in [5, 5.41) is 0.0138. The molecule has 1 aliphatic rings. The van der Waals surface area contributed by atoms with E-state index in [-0.39, 0.29) is 34.4 Å². The molecule has 0 saturated heterocycles. The summed E-state index contributed by atoms with van der Waals surface area (Å²) < 4.78 is 39.6. The minimum atomic E-state index is -0.976. The largest absolute Gasteiger partial charge is 0.497 e. The minimum absolute atomic E-state index is 0.0138. The number of hydrogen-bond donors (Lipinski definition) is 0. The van der Waals surface area contributed by atoms with Gasteiger partial charge in [-0.3, -0.25) is 9.59 Å². The van der Waals surface area contributed by atoms with Gasteiger partial charge in [0.25, 0.3) is 5.91 Å². The van der Waals surface area contributed by atoms with Gasteiger partial charge in [0.1, 0.15) is 23.0 Å². The van der Waals surface area contributed by atoms with E-state index in [1.165, 1.54) is 29.2 Å². The Morgan fingerprint density at radius 1 is 1.00 bits per heavy atom. The maximum absolute atomic E-state index is 14.8. The number of halogens is 2. The van der Waals surface area contributed by atoms with E-state index >= 15 is 0 Å². The molecule has 0 bridgehead atoms. The molecule has 0 N–H and O–H groups in total. The second-order valence-electron chi connectivity index (χ2n) is 7.84. The molecule has 3 aromatic carbocycles. The Bertz CT molecular complexity index is 1430. The molecule has 0 aliphatic carbocycles. The van der Waals surface area contributed by atoms with Crippen molar-refractivity contribution in [2.24, 2.45) is 0 Å². The molecule has 1 aromatic heterocycles. The summed E-state index contributed by atoms with van der Waals surface area (Å²) in [6.45, 7) is 0.221. The number of carbonyl (C=O) groups is 1. The molecule has 0 saturated carbocycles. The monoisotopic (exact) mass is 447 g/mol. The number of benzene rings is 3. The first-order valence-electron chi connectivity index (χ1n) is 10.4. The maximum atomic E-state index is 14.8. The normalized spacial score (nSPS) is 15.2. The van der Waals surface area contributed by atoms with Crippen molar-refractivity contribution < 1.29 is 22.7 Å². The van der Waals surface area contributed by atoms with E-state index in [0.29, 0.717) is 12.2 Å². The third-order valence-electron chi connectivity index (χ3n) is 5.93. The molecule has 7 heteroatoms. The Kier molecular flexibility index (Phi) is 5.17. The molecule has 33 heavy (non-hydrogen) atoms. The SMILES string of the molecule is COc1ccc(CCN2C(=O)c3oc4ccc(F)cc4c(=O)c3C2c2ccccc2F)cc1. The van der Waals surface area contributed by atoms with E-state index in [1.54, 1.807) is 13.2 Å². The maximum Gasteiger partial charge on any atom is 0.290 e. The van der Waals surface area contributed by atoms with Gasteiger partial charge in [0.2, 0.25) is 5.76 Å². The molecule has 166 valence electrons. The van der Waals surface area contributed by atoms with E-state index < -0.39 is 29.0 Å². The van der Waals surface area contributed by atoms with E-state index in [9.17, 15) is 18.4 Å². The van der Waals surface area contributed by atoms with Gasteiger partial charge in [-0.05, 0) is 48.4 Å². The molecule has 1 unspecified atom stereocenters. The first kappa shape index (κ1) is 20.9. The quantitative estimate of drug-likeness (QED) is 0.438. The third kappa shape index (κ3) is 3.55. The van der Waals surface area contributed by atoms with Crippen molar-refractivity contribution >= 4 is 16.9 Å². The van der Waals surface area contributed by atoms with Gasteiger partial charge in [-0.15, -0.1) is 0 Å². The van der Waals surface area contributed by atoms with Gasteiger partial charge in [-0.1, -0.05) is 30.3 Å². The summed E-state index contributed by atoms with van der Waals surface area (Å²) in [4.78, 5) is 28.2. The van der Waals surface area contributed by atoms with E-state index in [1.807, 2.05) is 24.3 Å². The molecule has 1 amide bonds. The Hall–Kier alpha value is -4.00. The highest BCUT2D eigenvalue weighted by Gasteiger charge is 2.43. The molecule has 5 rings (SSSR count). The van der Waals surface area contributed by atoms with Crippen LogP contribution in [0.2, 0.25) is 0 Å². The summed E-state index contributed by atoms with van der Waals surface area (Å²) in [5.41, 5.74) is 0.718. The lowest BCUT2D eigenvalue weighted by Crippen LogP contribution is -2.32. The third-order valence-corrected chi connectivity index (χ3v) is 5.93. The summed E-state index contributed by atoms with van der Waals surface area (Å²) in [6.07, 6.45) is 0.469. The summed E-state index contributed by atoms with van der Waals surface area (Å²) in [6, 6.07) is 16.0. The fourth-order valence-electron chi connectivity index (χ4n) is 4.29. The van der Waals surface area contributed by atoms with Crippen LogP contribution in [0.5, 0.6) is 5.75 Å². The lowest BCUT2D eigenvalue weighted by Gasteiger charge is -2.25. The molecule has 5 nitrogen and oxygen atoms in total. The molecule has 0 spiro atoms. The van der Waals surface area contributed by atoms with Crippen LogP contribution in [0.1, 0.15) is 33.3 Å². The predicted molar refractivity (Wildman–Crippen MR) is 118 cm³/mol. The Morgan fingerprint density at radius 3 is 2.48 bits per heavy atom. The standard InChI is InChI=1S/C26H19F2NO4/c1-32-17-9-6-15(7-10-17)12-13-29-23(18-4-2-3-5-20(18)28)22-24(30)19-14-16(27)8-11-21(19)33-25(22)26(29)31/h2-11,14,23H,12-13H2,1H3. The van der Waals surface area contributed by atoms with Crippen molar-refractivity contribution in [1.29, 1.82) is 0 Å². The number of rotatable bonds is 5. The zero-order chi connectivity index (χ0) is 23.1. The van der Waals surface area contributed by atoms with E-state index in [4.69, 9.17) is 9.15 Å². The fraction of sp³-hybridized carbons (Fsp3) is 0.154. The summed E-state index contributed by atoms with van der Waals surface area (Å²) in [5.74, 6) is -1.08. The zero-order valence-corrected chi connectivity index (χ0v) is 17.7. The van der Waals surface area contributed by atoms with Crippen LogP contribution in [0.4, 0.5) is 8.78 Å². The smallest absolute Gasteiger partial charge is 0.290 e. The molecule has 0 radical (unpaired) electrons. The number of methoxy groups -OCH3 is 1. The van der Waals surface area contributed by atoms with E-state index in [0.717, 1.165) is 17.7 Å². The van der Waals surface area contributed by atoms with Crippen LogP contribution in [0.3, 0.4) is 0 Å². The summed E-state index contributed by atoms with van der Waals surface area (Å²) in [7, 11) is 1.58. The molecular formula is C26H19F2NO4. The topological polar surface area (TPSA) is 59.8 Å². The number of ether oxygens (including phenoxy) is 1. The average Bonchev–Trinajstić information content (AvgIpc) is 3.10. The van der Waals surface area contributed by atoms with Crippen LogP contribution >= 0.6 is 0 Å². The molecule has 1 aliphatic heterocycles. The van der Waals surface area contributed by atoms with Crippen molar-refractivity contribution in [2.75, 3.05) is 13.7 Å². The highest BCUT2D eigenvalue weighted by atomic mass is 19.1. The molecule has 2 heterocycles. The highest BCUT2D eigenvalue weighted by molar-refractivity contribution is 5.99. The zero-order valence-electron chi connectivity index (χ0n) is 17.7. The highest BCUT2D eigenvalue weighted by Crippen LogP contribution is 2.39. The fourth-order valence-corrected chi connectivity index (χ4v) is 4.29. The Labute approximate surface area is 187 Å². The minimum Gasteiger partial charge on any atom is -0.497 e.